The molecule has 3 rings (SSSR count). The normalized spacial score (nSPS) is 32.4. The number of carbonyl (C=O) groups is 2. The molecule has 0 aromatic heterocycles. The average Bonchev–Trinajstić information content (AvgIpc) is 2.66. The van der Waals surface area contributed by atoms with Gasteiger partial charge in [0.15, 0.2) is 0 Å². The number of fused-ring (bicyclic) bond motifs is 1. The fraction of sp³-hybridized carbons (Fsp3) is 0.429. The molecule has 0 radical (unpaired) electrons. The highest BCUT2D eigenvalue weighted by atomic mass is 79.9. The van der Waals surface area contributed by atoms with Crippen molar-refractivity contribution in [1.29, 1.82) is 0 Å². The Morgan fingerprint density at radius 2 is 1.62 bits per heavy atom. The summed E-state index contributed by atoms with van der Waals surface area (Å²) in [6.07, 6.45) is 1.20. The molecule has 112 valence electrons. The van der Waals surface area contributed by atoms with Gasteiger partial charge in [0.05, 0.1) is 17.5 Å². The quantitative estimate of drug-likeness (QED) is 0.541. The number of hydrogen-bond donors (Lipinski definition) is 1. The van der Waals surface area contributed by atoms with Crippen molar-refractivity contribution in [3.8, 4) is 5.75 Å². The van der Waals surface area contributed by atoms with Crippen LogP contribution < -0.4 is 4.90 Å². The molecule has 1 saturated carbocycles. The molecule has 7 heteroatoms. The third kappa shape index (κ3) is 2.51. The number of benzene rings is 1. The predicted octanol–water partition coefficient (Wildman–Crippen LogP) is 3.47. The van der Waals surface area contributed by atoms with E-state index >= 15 is 0 Å². The minimum Gasteiger partial charge on any atom is -0.506 e. The molecule has 2 aliphatic rings. The zero-order valence-corrected chi connectivity index (χ0v) is 14.7. The van der Waals surface area contributed by atoms with E-state index in [1.54, 1.807) is 0 Å². The lowest BCUT2D eigenvalue weighted by molar-refractivity contribution is -0.122. The molecular formula is C14H12Br2ClNO3. The summed E-state index contributed by atoms with van der Waals surface area (Å²) in [5.41, 5.74) is 0.171. The van der Waals surface area contributed by atoms with Crippen LogP contribution in [0.25, 0.3) is 0 Å². The van der Waals surface area contributed by atoms with Gasteiger partial charge >= 0.3 is 0 Å². The fourth-order valence-corrected chi connectivity index (χ4v) is 4.41. The number of nitrogens with zero attached hydrogens (tertiary/aromatic N) is 1. The number of amides is 2. The Bertz CT molecular complexity index is 596. The Morgan fingerprint density at radius 3 is 2.14 bits per heavy atom. The van der Waals surface area contributed by atoms with Crippen LogP contribution in [0.3, 0.4) is 0 Å². The van der Waals surface area contributed by atoms with Crippen molar-refractivity contribution in [3.05, 3.63) is 23.2 Å². The van der Waals surface area contributed by atoms with Crippen LogP contribution in [0, 0.1) is 11.8 Å². The summed E-state index contributed by atoms with van der Waals surface area (Å²) in [5.74, 6) is -1.31. The molecule has 0 unspecified atom stereocenters. The second-order valence-electron chi connectivity index (χ2n) is 5.36. The first kappa shape index (κ1) is 15.3. The van der Waals surface area contributed by atoms with Gasteiger partial charge in [-0.2, -0.15) is 0 Å². The third-order valence-electron chi connectivity index (χ3n) is 4.09. The van der Waals surface area contributed by atoms with Crippen LogP contribution in [0.1, 0.15) is 12.8 Å². The van der Waals surface area contributed by atoms with E-state index in [9.17, 15) is 14.7 Å². The number of rotatable bonds is 1. The summed E-state index contributed by atoms with van der Waals surface area (Å²) in [7, 11) is 0. The number of halogens is 3. The molecule has 2 amide bonds. The molecule has 4 nitrogen and oxygen atoms in total. The lowest BCUT2D eigenvalue weighted by atomic mass is 9.81. The summed E-state index contributed by atoms with van der Waals surface area (Å²) in [6.45, 7) is 0. The highest BCUT2D eigenvalue weighted by Gasteiger charge is 2.52. The molecule has 1 aromatic carbocycles. The number of phenolic OH excluding ortho intramolecular Hbond substituents is 1. The first-order valence-corrected chi connectivity index (χ1v) is 8.75. The zero-order chi connectivity index (χ0) is 15.3. The molecule has 1 aliphatic heterocycles. The van der Waals surface area contributed by atoms with Crippen LogP contribution in [0.4, 0.5) is 5.69 Å². The third-order valence-corrected chi connectivity index (χ3v) is 7.06. The van der Waals surface area contributed by atoms with Crippen LogP contribution in [0.2, 0.25) is 5.02 Å². The minimum atomic E-state index is -0.339. The maximum atomic E-state index is 12.6. The number of aromatic hydroxyl groups is 1. The van der Waals surface area contributed by atoms with Gasteiger partial charge in [-0.05, 0) is 31.0 Å². The van der Waals surface area contributed by atoms with Gasteiger partial charge in [0.1, 0.15) is 5.75 Å². The monoisotopic (exact) mass is 435 g/mol. The van der Waals surface area contributed by atoms with Crippen LogP contribution in [0.15, 0.2) is 18.2 Å². The molecule has 2 fully saturated rings. The maximum absolute atomic E-state index is 12.6. The zero-order valence-electron chi connectivity index (χ0n) is 10.8. The summed E-state index contributed by atoms with van der Waals surface area (Å²) in [6, 6.07) is 4.35. The van der Waals surface area contributed by atoms with Crippen molar-refractivity contribution in [2.24, 2.45) is 11.8 Å². The van der Waals surface area contributed by atoms with Gasteiger partial charge < -0.3 is 5.11 Å². The van der Waals surface area contributed by atoms with Gasteiger partial charge in [-0.1, -0.05) is 43.5 Å². The average molecular weight is 438 g/mol. The Morgan fingerprint density at radius 1 is 1.10 bits per heavy atom. The van der Waals surface area contributed by atoms with Crippen molar-refractivity contribution >= 4 is 61.0 Å². The van der Waals surface area contributed by atoms with E-state index in [4.69, 9.17) is 11.6 Å². The van der Waals surface area contributed by atoms with Crippen molar-refractivity contribution in [2.75, 3.05) is 4.90 Å². The first-order valence-electron chi connectivity index (χ1n) is 6.54. The highest BCUT2D eigenvalue weighted by molar-refractivity contribution is 9.12. The van der Waals surface area contributed by atoms with E-state index in [-0.39, 0.29) is 44.7 Å². The molecular weight excluding hydrogens is 425 g/mol. The Labute approximate surface area is 143 Å². The molecule has 1 N–H and O–H groups in total. The van der Waals surface area contributed by atoms with Gasteiger partial charge in [0, 0.05) is 14.7 Å². The summed E-state index contributed by atoms with van der Waals surface area (Å²) >= 11 is 13.0. The number of phenols is 1. The Kier molecular flexibility index (Phi) is 4.05. The summed E-state index contributed by atoms with van der Waals surface area (Å²) < 4.78 is 0. The second kappa shape index (κ2) is 5.56. The van der Waals surface area contributed by atoms with E-state index in [0.29, 0.717) is 17.9 Å². The van der Waals surface area contributed by atoms with Crippen LogP contribution in [0.5, 0.6) is 5.75 Å². The molecule has 21 heavy (non-hydrogen) atoms. The van der Waals surface area contributed by atoms with Gasteiger partial charge in [0.25, 0.3) is 0 Å². The van der Waals surface area contributed by atoms with Gasteiger partial charge in [0.2, 0.25) is 11.8 Å². The van der Waals surface area contributed by atoms with Crippen molar-refractivity contribution < 1.29 is 14.7 Å². The molecule has 1 aliphatic carbocycles. The predicted molar refractivity (Wildman–Crippen MR) is 87.3 cm³/mol. The summed E-state index contributed by atoms with van der Waals surface area (Å²) in [5, 5.41) is 10.3. The molecule has 1 heterocycles. The molecule has 1 saturated heterocycles. The number of carbonyl (C=O) groups excluding carboxylic acids is 2. The smallest absolute Gasteiger partial charge is 0.237 e. The maximum Gasteiger partial charge on any atom is 0.237 e. The van der Waals surface area contributed by atoms with Gasteiger partial charge in [-0.3, -0.25) is 9.59 Å². The Hall–Kier alpha value is -0.590. The minimum absolute atomic E-state index is 0.120. The summed E-state index contributed by atoms with van der Waals surface area (Å²) in [4.78, 5) is 26.6. The van der Waals surface area contributed by atoms with Crippen molar-refractivity contribution in [2.45, 2.75) is 22.5 Å². The Balaban J connectivity index is 2.00. The number of imide groups is 1. The number of hydrogen-bond acceptors (Lipinski definition) is 3. The molecule has 0 spiro atoms. The van der Waals surface area contributed by atoms with Crippen LogP contribution in [-0.4, -0.2) is 26.6 Å². The van der Waals surface area contributed by atoms with E-state index in [1.165, 1.54) is 18.2 Å². The van der Waals surface area contributed by atoms with Crippen LogP contribution in [-0.2, 0) is 9.59 Å². The fourth-order valence-electron chi connectivity index (χ4n) is 3.01. The number of anilines is 1. The largest absolute Gasteiger partial charge is 0.506 e. The second-order valence-corrected chi connectivity index (χ2v) is 8.15. The molecule has 1 aromatic rings. The van der Waals surface area contributed by atoms with Crippen molar-refractivity contribution in [1.82, 2.24) is 0 Å². The van der Waals surface area contributed by atoms with E-state index in [0.717, 1.165) is 4.90 Å². The molecule has 4 atom stereocenters. The lowest BCUT2D eigenvalue weighted by Crippen LogP contribution is -2.34. The molecule has 0 bridgehead atoms. The number of alkyl halides is 2. The van der Waals surface area contributed by atoms with E-state index in [2.05, 4.69) is 31.9 Å². The standard InChI is InChI=1S/C14H12Br2ClNO3/c15-9-4-7-8(5-10(9)16)14(21)18(13(7)20)11-3-6(17)1-2-12(11)19/h1-3,7-10,19H,4-5H2/t7-,8+,9-,10-/m0/s1. The van der Waals surface area contributed by atoms with Gasteiger partial charge in [-0.25, -0.2) is 4.90 Å². The first-order chi connectivity index (χ1) is 9.90. The van der Waals surface area contributed by atoms with Gasteiger partial charge in [-0.15, -0.1) is 0 Å². The SMILES string of the molecule is O=C1[C@H]2C[C@H](Br)[C@@H](Br)C[C@H]2C(=O)N1c1cc(Cl)ccc1O. The van der Waals surface area contributed by atoms with E-state index < -0.39 is 0 Å². The topological polar surface area (TPSA) is 57.6 Å². The van der Waals surface area contributed by atoms with Crippen molar-refractivity contribution in [3.63, 3.8) is 0 Å². The van der Waals surface area contributed by atoms with E-state index in [1.807, 2.05) is 0 Å². The lowest BCUT2D eigenvalue weighted by Gasteiger charge is -2.29. The highest BCUT2D eigenvalue weighted by Crippen LogP contribution is 2.46. The van der Waals surface area contributed by atoms with Crippen LogP contribution >= 0.6 is 43.5 Å².